The first kappa shape index (κ1) is 17.5. The number of aliphatic imine (C=N–C) groups is 1. The molecule has 5 nitrogen and oxygen atoms in total. The molecule has 106 valence electrons. The number of amides is 1. The zero-order valence-corrected chi connectivity index (χ0v) is 14.5. The van der Waals surface area contributed by atoms with E-state index >= 15 is 0 Å². The largest absolute Gasteiger partial charge is 0.359 e. The number of nitrogens with one attached hydrogen (secondary N) is 1. The number of hydrogen-bond donors (Lipinski definition) is 1. The number of guanidine groups is 1. The van der Waals surface area contributed by atoms with Gasteiger partial charge in [-0.15, -0.1) is 24.0 Å². The molecule has 0 unspecified atom stereocenters. The van der Waals surface area contributed by atoms with Crippen LogP contribution in [0, 0.1) is 0 Å². The molecule has 6 heteroatoms. The predicted octanol–water partition coefficient (Wildman–Crippen LogP) is 1.14. The van der Waals surface area contributed by atoms with Gasteiger partial charge in [0, 0.05) is 26.7 Å². The van der Waals surface area contributed by atoms with Gasteiger partial charge in [-0.2, -0.15) is 0 Å². The van der Waals surface area contributed by atoms with Gasteiger partial charge < -0.3 is 15.1 Å². The van der Waals surface area contributed by atoms with Crippen LogP contribution in [0.25, 0.3) is 0 Å². The summed E-state index contributed by atoms with van der Waals surface area (Å²) in [6, 6.07) is 0.233. The van der Waals surface area contributed by atoms with E-state index in [1.807, 2.05) is 16.8 Å². The van der Waals surface area contributed by atoms with Crippen LogP contribution in [0.3, 0.4) is 0 Å². The minimum absolute atomic E-state index is 0. The fourth-order valence-electron chi connectivity index (χ4n) is 2.72. The average Bonchev–Trinajstić information content (AvgIpc) is 2.15. The van der Waals surface area contributed by atoms with Gasteiger partial charge in [0.05, 0.1) is 12.1 Å². The highest BCUT2D eigenvalue weighted by atomic mass is 127. The molecule has 0 aromatic heterocycles. The SMILES string of the molecule is CN=C(NC)N1CC(=O)N(C(C)C)C(C)(C)C1.I. The molecule has 1 rings (SSSR count). The maximum atomic E-state index is 12.2. The molecule has 0 aromatic rings. The number of hydrogen-bond acceptors (Lipinski definition) is 2. The van der Waals surface area contributed by atoms with Crippen LogP contribution in [0.5, 0.6) is 0 Å². The molecule has 1 aliphatic rings. The molecule has 0 radical (unpaired) electrons. The van der Waals surface area contributed by atoms with Gasteiger partial charge >= 0.3 is 0 Å². The molecule has 1 aliphatic heterocycles. The Morgan fingerprint density at radius 3 is 2.33 bits per heavy atom. The maximum absolute atomic E-state index is 12.2. The normalized spacial score (nSPS) is 19.9. The van der Waals surface area contributed by atoms with Crippen LogP contribution in [-0.4, -0.2) is 60.4 Å². The Hall–Kier alpha value is -0.530. The van der Waals surface area contributed by atoms with E-state index in [0.717, 1.165) is 12.5 Å². The highest BCUT2D eigenvalue weighted by molar-refractivity contribution is 14.0. The second-order valence-electron chi connectivity index (χ2n) is 5.32. The van der Waals surface area contributed by atoms with Crippen molar-refractivity contribution in [3.05, 3.63) is 0 Å². The third kappa shape index (κ3) is 3.49. The fraction of sp³-hybridized carbons (Fsp3) is 0.833. The van der Waals surface area contributed by atoms with E-state index in [4.69, 9.17) is 0 Å². The third-order valence-corrected chi connectivity index (χ3v) is 3.08. The van der Waals surface area contributed by atoms with E-state index in [2.05, 4.69) is 38.0 Å². The Balaban J connectivity index is 0.00000289. The summed E-state index contributed by atoms with van der Waals surface area (Å²) < 4.78 is 0. The van der Waals surface area contributed by atoms with E-state index in [9.17, 15) is 4.79 Å². The maximum Gasteiger partial charge on any atom is 0.242 e. The lowest BCUT2D eigenvalue weighted by molar-refractivity contribution is -0.145. The number of piperazine rings is 1. The molecule has 18 heavy (non-hydrogen) atoms. The molecule has 1 N–H and O–H groups in total. The van der Waals surface area contributed by atoms with E-state index in [1.54, 1.807) is 7.05 Å². The third-order valence-electron chi connectivity index (χ3n) is 3.08. The Morgan fingerprint density at radius 2 is 2.00 bits per heavy atom. The molecule has 1 amide bonds. The molecule has 1 heterocycles. The van der Waals surface area contributed by atoms with Crippen LogP contribution in [0.1, 0.15) is 27.7 Å². The van der Waals surface area contributed by atoms with Gasteiger partial charge in [-0.05, 0) is 27.7 Å². The number of halogens is 1. The zero-order chi connectivity index (χ0) is 13.2. The summed E-state index contributed by atoms with van der Waals surface area (Å²) in [6.45, 7) is 9.50. The van der Waals surface area contributed by atoms with Crippen LogP contribution in [0.4, 0.5) is 0 Å². The summed E-state index contributed by atoms with van der Waals surface area (Å²) in [6.07, 6.45) is 0. The molecule has 1 fully saturated rings. The second kappa shape index (κ2) is 6.58. The van der Waals surface area contributed by atoms with Crippen molar-refractivity contribution >= 4 is 35.8 Å². The van der Waals surface area contributed by atoms with Crippen molar-refractivity contribution in [2.24, 2.45) is 4.99 Å². The molecule has 0 aromatic carbocycles. The van der Waals surface area contributed by atoms with Crippen LogP contribution < -0.4 is 5.32 Å². The van der Waals surface area contributed by atoms with Crippen molar-refractivity contribution in [3.63, 3.8) is 0 Å². The molecule has 0 spiro atoms. The minimum Gasteiger partial charge on any atom is -0.359 e. The standard InChI is InChI=1S/C12H24N4O.HI/c1-9(2)16-10(17)7-15(8-12(16,3)4)11(13-5)14-6;/h9H,7-8H2,1-6H3,(H,13,14);1H. The lowest BCUT2D eigenvalue weighted by atomic mass is 9.96. The van der Waals surface area contributed by atoms with Crippen LogP contribution in [0.2, 0.25) is 0 Å². The van der Waals surface area contributed by atoms with Crippen molar-refractivity contribution in [3.8, 4) is 0 Å². The lowest BCUT2D eigenvalue weighted by Gasteiger charge is -2.49. The van der Waals surface area contributed by atoms with Crippen molar-refractivity contribution in [2.75, 3.05) is 27.2 Å². The minimum atomic E-state index is -0.170. The van der Waals surface area contributed by atoms with Crippen molar-refractivity contribution in [1.29, 1.82) is 0 Å². The van der Waals surface area contributed by atoms with E-state index in [1.165, 1.54) is 0 Å². The fourth-order valence-corrected chi connectivity index (χ4v) is 2.72. The van der Waals surface area contributed by atoms with Crippen molar-refractivity contribution in [2.45, 2.75) is 39.3 Å². The summed E-state index contributed by atoms with van der Waals surface area (Å²) in [5, 5.41) is 3.03. The Kier molecular flexibility index (Phi) is 6.39. The topological polar surface area (TPSA) is 47.9 Å². The van der Waals surface area contributed by atoms with Gasteiger partial charge in [0.1, 0.15) is 0 Å². The molecule has 0 atom stereocenters. The average molecular weight is 368 g/mol. The Labute approximate surface area is 127 Å². The summed E-state index contributed by atoms with van der Waals surface area (Å²) in [5.41, 5.74) is -0.170. The quantitative estimate of drug-likeness (QED) is 0.429. The zero-order valence-electron chi connectivity index (χ0n) is 12.1. The first-order valence-corrected chi connectivity index (χ1v) is 6.05. The van der Waals surface area contributed by atoms with Crippen LogP contribution in [-0.2, 0) is 4.79 Å². The smallest absolute Gasteiger partial charge is 0.242 e. The molecule has 0 bridgehead atoms. The van der Waals surface area contributed by atoms with E-state index < -0.39 is 0 Å². The van der Waals surface area contributed by atoms with Crippen molar-refractivity contribution in [1.82, 2.24) is 15.1 Å². The molecule has 1 saturated heterocycles. The predicted molar refractivity (Wildman–Crippen MR) is 85.5 cm³/mol. The van der Waals surface area contributed by atoms with Gasteiger partial charge in [0.15, 0.2) is 5.96 Å². The van der Waals surface area contributed by atoms with Gasteiger partial charge in [-0.3, -0.25) is 9.79 Å². The number of rotatable bonds is 1. The lowest BCUT2D eigenvalue weighted by Crippen LogP contribution is -2.65. The highest BCUT2D eigenvalue weighted by Gasteiger charge is 2.40. The molecule has 0 aliphatic carbocycles. The molecule has 0 saturated carbocycles. The van der Waals surface area contributed by atoms with Crippen LogP contribution >= 0.6 is 24.0 Å². The van der Waals surface area contributed by atoms with Gasteiger partial charge in [0.25, 0.3) is 0 Å². The first-order chi connectivity index (χ1) is 7.83. The number of carbonyl (C=O) groups is 1. The van der Waals surface area contributed by atoms with E-state index in [-0.39, 0.29) is 41.5 Å². The van der Waals surface area contributed by atoms with Crippen LogP contribution in [0.15, 0.2) is 4.99 Å². The second-order valence-corrected chi connectivity index (χ2v) is 5.32. The highest BCUT2D eigenvalue weighted by Crippen LogP contribution is 2.24. The Bertz CT molecular complexity index is 328. The summed E-state index contributed by atoms with van der Waals surface area (Å²) in [7, 11) is 3.56. The molecular formula is C12H25IN4O. The van der Waals surface area contributed by atoms with Crippen molar-refractivity contribution < 1.29 is 4.79 Å². The molecular weight excluding hydrogens is 343 g/mol. The number of nitrogens with zero attached hydrogens (tertiary/aromatic N) is 3. The monoisotopic (exact) mass is 368 g/mol. The van der Waals surface area contributed by atoms with Gasteiger partial charge in [0.2, 0.25) is 5.91 Å². The first-order valence-electron chi connectivity index (χ1n) is 6.05. The summed E-state index contributed by atoms with van der Waals surface area (Å²) in [4.78, 5) is 20.3. The number of carbonyl (C=O) groups excluding carboxylic acids is 1. The Morgan fingerprint density at radius 1 is 1.44 bits per heavy atom. The van der Waals surface area contributed by atoms with E-state index in [0.29, 0.717) is 6.54 Å². The van der Waals surface area contributed by atoms with Gasteiger partial charge in [-0.25, -0.2) is 0 Å². The summed E-state index contributed by atoms with van der Waals surface area (Å²) in [5.74, 6) is 0.933. The summed E-state index contributed by atoms with van der Waals surface area (Å²) >= 11 is 0. The van der Waals surface area contributed by atoms with Gasteiger partial charge in [-0.1, -0.05) is 0 Å².